The van der Waals surface area contributed by atoms with Crippen molar-refractivity contribution in [2.24, 2.45) is 17.8 Å². The van der Waals surface area contributed by atoms with Gasteiger partial charge in [-0.2, -0.15) is 0 Å². The Kier molecular flexibility index (Phi) is 3.08. The van der Waals surface area contributed by atoms with Gasteiger partial charge in [0.05, 0.1) is 23.0 Å². The molecule has 118 valence electrons. The van der Waals surface area contributed by atoms with E-state index in [0.717, 1.165) is 0 Å². The van der Waals surface area contributed by atoms with Crippen LogP contribution in [0.4, 0.5) is 0 Å². The molecule has 0 aromatic carbocycles. The summed E-state index contributed by atoms with van der Waals surface area (Å²) in [5.74, 6) is -0.946. The quantitative estimate of drug-likeness (QED) is 0.558. The van der Waals surface area contributed by atoms with Crippen LogP contribution in [0.3, 0.4) is 0 Å². The minimum Gasteiger partial charge on any atom is -0.461 e. The highest BCUT2D eigenvalue weighted by atomic mass is 16.6. The lowest BCUT2D eigenvalue weighted by Gasteiger charge is -2.47. The number of carbonyl (C=O) groups is 1. The minimum atomic E-state index is -1.18. The number of rotatable bonds is 1. The first kappa shape index (κ1) is 15.0. The lowest BCUT2D eigenvalue weighted by Crippen LogP contribution is -2.61. The van der Waals surface area contributed by atoms with Crippen LogP contribution < -0.4 is 0 Å². The smallest absolute Gasteiger partial charge is 0.309 e. The molecule has 1 heterocycles. The zero-order valence-electron chi connectivity index (χ0n) is 13.0. The summed E-state index contributed by atoms with van der Waals surface area (Å²) >= 11 is 0. The van der Waals surface area contributed by atoms with Crippen molar-refractivity contribution in [2.45, 2.75) is 56.5 Å². The molecule has 0 radical (unpaired) electrons. The number of aliphatic hydroxyl groups is 2. The highest BCUT2D eigenvalue weighted by Crippen LogP contribution is 2.56. The molecule has 7 atom stereocenters. The van der Waals surface area contributed by atoms with E-state index >= 15 is 0 Å². The number of hydrogen-bond acceptors (Lipinski definition) is 5. The van der Waals surface area contributed by atoms with Crippen molar-refractivity contribution in [2.75, 3.05) is 7.11 Å². The Morgan fingerprint density at radius 2 is 2.00 bits per heavy atom. The highest BCUT2D eigenvalue weighted by Gasteiger charge is 2.67. The van der Waals surface area contributed by atoms with E-state index in [1.165, 1.54) is 7.11 Å². The third-order valence-electron chi connectivity index (χ3n) is 5.92. The molecule has 0 spiro atoms. The lowest BCUT2D eigenvalue weighted by atomic mass is 9.70. The van der Waals surface area contributed by atoms with Gasteiger partial charge in [0.2, 0.25) is 0 Å². The number of methoxy groups -OCH3 is 1. The summed E-state index contributed by atoms with van der Waals surface area (Å²) in [7, 11) is 1.54. The number of hydrogen-bond donors (Lipinski definition) is 2. The Morgan fingerprint density at radius 1 is 1.33 bits per heavy atom. The summed E-state index contributed by atoms with van der Waals surface area (Å²) in [6.45, 7) is 5.28. The van der Waals surface area contributed by atoms with Crippen molar-refractivity contribution in [3.8, 4) is 0 Å². The van der Waals surface area contributed by atoms with E-state index in [4.69, 9.17) is 9.47 Å². The first-order valence-corrected chi connectivity index (χ1v) is 7.57. The second-order valence-corrected chi connectivity index (χ2v) is 7.20. The van der Waals surface area contributed by atoms with Crippen LogP contribution >= 0.6 is 0 Å². The van der Waals surface area contributed by atoms with Gasteiger partial charge in [-0.3, -0.25) is 4.79 Å². The van der Waals surface area contributed by atoms with Gasteiger partial charge in [0.15, 0.2) is 0 Å². The van der Waals surface area contributed by atoms with Gasteiger partial charge in [-0.25, -0.2) is 0 Å². The molecule has 0 aromatic heterocycles. The molecule has 5 heteroatoms. The van der Waals surface area contributed by atoms with Gasteiger partial charge >= 0.3 is 5.97 Å². The van der Waals surface area contributed by atoms with Crippen LogP contribution in [0, 0.1) is 17.8 Å². The van der Waals surface area contributed by atoms with Gasteiger partial charge in [-0.15, -0.1) is 0 Å². The van der Waals surface area contributed by atoms with Crippen LogP contribution in [0.25, 0.3) is 0 Å². The fourth-order valence-electron chi connectivity index (χ4n) is 4.60. The average Bonchev–Trinajstić information content (AvgIpc) is 2.79. The molecule has 3 rings (SSSR count). The molecule has 5 nitrogen and oxygen atoms in total. The second kappa shape index (κ2) is 4.31. The summed E-state index contributed by atoms with van der Waals surface area (Å²) in [5.41, 5.74) is -3.35. The number of carbonyl (C=O) groups excluding carboxylic acids is 1. The highest BCUT2D eigenvalue weighted by molar-refractivity contribution is 5.75. The fourth-order valence-corrected chi connectivity index (χ4v) is 4.60. The van der Waals surface area contributed by atoms with E-state index in [1.807, 2.05) is 6.92 Å². The predicted octanol–water partition coefficient (Wildman–Crippen LogP) is 1.03. The van der Waals surface area contributed by atoms with Crippen LogP contribution in [0.1, 0.15) is 33.6 Å². The normalized spacial score (nSPS) is 55.8. The van der Waals surface area contributed by atoms with Crippen LogP contribution in [0.5, 0.6) is 0 Å². The van der Waals surface area contributed by atoms with Crippen molar-refractivity contribution >= 4 is 5.97 Å². The zero-order valence-corrected chi connectivity index (χ0v) is 13.0. The van der Waals surface area contributed by atoms with E-state index in [-0.39, 0.29) is 17.8 Å². The van der Waals surface area contributed by atoms with Crippen molar-refractivity contribution in [3.63, 3.8) is 0 Å². The van der Waals surface area contributed by atoms with Crippen LogP contribution in [-0.4, -0.2) is 46.2 Å². The Balaban J connectivity index is 2.14. The van der Waals surface area contributed by atoms with Crippen molar-refractivity contribution in [1.82, 2.24) is 0 Å². The summed E-state index contributed by atoms with van der Waals surface area (Å²) in [4.78, 5) is 12.0. The van der Waals surface area contributed by atoms with Crippen LogP contribution in [0.15, 0.2) is 12.2 Å². The molecule has 1 saturated heterocycles. The Hall–Kier alpha value is -0.910. The number of fused-ring (bicyclic) bond motifs is 3. The first-order valence-electron chi connectivity index (χ1n) is 7.57. The van der Waals surface area contributed by atoms with E-state index < -0.39 is 28.8 Å². The lowest BCUT2D eigenvalue weighted by molar-refractivity contribution is -0.201. The van der Waals surface area contributed by atoms with Gasteiger partial charge in [0.1, 0.15) is 11.7 Å². The third-order valence-corrected chi connectivity index (χ3v) is 5.92. The molecule has 21 heavy (non-hydrogen) atoms. The fraction of sp³-hybridized carbons (Fsp3) is 0.812. The molecule has 0 amide bonds. The summed E-state index contributed by atoms with van der Waals surface area (Å²) in [6, 6.07) is 0. The number of ether oxygens (including phenoxy) is 2. The molecule has 3 aliphatic rings. The molecule has 2 N–H and O–H groups in total. The molecule has 1 aliphatic heterocycles. The Morgan fingerprint density at radius 3 is 2.62 bits per heavy atom. The molecule has 2 aliphatic carbocycles. The SMILES string of the molecule is COC12C=CC(C)(O)C1C1OC(=O)C(C)C1CCC2(C)O. The summed E-state index contributed by atoms with van der Waals surface area (Å²) < 4.78 is 11.3. The first-order chi connectivity index (χ1) is 9.66. The second-order valence-electron chi connectivity index (χ2n) is 7.20. The van der Waals surface area contributed by atoms with E-state index in [1.54, 1.807) is 26.0 Å². The predicted molar refractivity (Wildman–Crippen MR) is 75.4 cm³/mol. The summed E-state index contributed by atoms with van der Waals surface area (Å²) in [5, 5.41) is 21.8. The van der Waals surface area contributed by atoms with E-state index in [2.05, 4.69) is 0 Å². The van der Waals surface area contributed by atoms with E-state index in [9.17, 15) is 15.0 Å². The van der Waals surface area contributed by atoms with Gasteiger partial charge in [-0.05, 0) is 26.7 Å². The summed E-state index contributed by atoms with van der Waals surface area (Å²) in [6.07, 6.45) is 4.15. The maximum atomic E-state index is 12.0. The van der Waals surface area contributed by atoms with Gasteiger partial charge in [-0.1, -0.05) is 19.1 Å². The molecular weight excluding hydrogens is 272 g/mol. The van der Waals surface area contributed by atoms with Crippen molar-refractivity contribution in [3.05, 3.63) is 12.2 Å². The topological polar surface area (TPSA) is 76.0 Å². The molecule has 0 bridgehead atoms. The number of esters is 1. The molecular formula is C16H24O5. The van der Waals surface area contributed by atoms with Crippen molar-refractivity contribution < 1.29 is 24.5 Å². The molecule has 7 unspecified atom stereocenters. The van der Waals surface area contributed by atoms with E-state index in [0.29, 0.717) is 12.8 Å². The standard InChI is InChI=1S/C16H24O5/c1-9-10-5-6-15(3,19)16(20-4)8-7-14(2,18)12(16)11(10)21-13(9)17/h7-12,18-19H,5-6H2,1-4H3. The maximum Gasteiger partial charge on any atom is 0.309 e. The van der Waals surface area contributed by atoms with Crippen molar-refractivity contribution in [1.29, 1.82) is 0 Å². The third kappa shape index (κ3) is 1.77. The largest absolute Gasteiger partial charge is 0.461 e. The van der Waals surface area contributed by atoms with Crippen LogP contribution in [-0.2, 0) is 14.3 Å². The minimum absolute atomic E-state index is 0.00243. The molecule has 0 aromatic rings. The molecule has 2 fully saturated rings. The van der Waals surface area contributed by atoms with Gasteiger partial charge < -0.3 is 19.7 Å². The maximum absolute atomic E-state index is 12.0. The Labute approximate surface area is 124 Å². The van der Waals surface area contributed by atoms with Gasteiger partial charge in [0.25, 0.3) is 0 Å². The average molecular weight is 296 g/mol. The van der Waals surface area contributed by atoms with Crippen LogP contribution in [0.2, 0.25) is 0 Å². The Bertz CT molecular complexity index is 495. The molecule has 1 saturated carbocycles. The van der Waals surface area contributed by atoms with Gasteiger partial charge in [0, 0.05) is 13.0 Å². The monoisotopic (exact) mass is 296 g/mol. The zero-order chi connectivity index (χ0) is 15.6.